The van der Waals surface area contributed by atoms with Crippen molar-refractivity contribution in [1.29, 1.82) is 0 Å². The zero-order valence-electron chi connectivity index (χ0n) is 8.09. The molecule has 72 valence electrons. The number of carbonyl (C=O) groups is 1. The Balaban J connectivity index is 1.70. The van der Waals surface area contributed by atoms with Crippen molar-refractivity contribution in [3.05, 3.63) is 11.6 Å². The van der Waals surface area contributed by atoms with Gasteiger partial charge in [0.1, 0.15) is 5.78 Å². The lowest BCUT2D eigenvalue weighted by molar-refractivity contribution is -0.116. The van der Waals surface area contributed by atoms with E-state index in [4.69, 9.17) is 0 Å². The zero-order valence-corrected chi connectivity index (χ0v) is 8.09. The molecule has 0 atom stereocenters. The quantitative estimate of drug-likeness (QED) is 0.615. The molecule has 2 heteroatoms. The molecular weight excluding hydrogens is 162 g/mol. The van der Waals surface area contributed by atoms with Gasteiger partial charge in [-0.2, -0.15) is 0 Å². The monoisotopic (exact) mass is 179 g/mol. The van der Waals surface area contributed by atoms with Crippen LogP contribution in [0.2, 0.25) is 0 Å². The molecule has 0 radical (unpaired) electrons. The minimum absolute atomic E-state index is 0.417. The summed E-state index contributed by atoms with van der Waals surface area (Å²) in [5.41, 5.74) is 1.61. The summed E-state index contributed by atoms with van der Waals surface area (Å²) in [6, 6.07) is 0. The molecule has 0 saturated carbocycles. The Morgan fingerprint density at radius 2 is 2.31 bits per heavy atom. The highest BCUT2D eigenvalue weighted by molar-refractivity contribution is 5.82. The van der Waals surface area contributed by atoms with Gasteiger partial charge in [-0.15, -0.1) is 0 Å². The third kappa shape index (κ3) is 2.41. The molecule has 0 aromatic heterocycles. The average molecular weight is 179 g/mol. The predicted octanol–water partition coefficient (Wildman–Crippen LogP) is 1.76. The highest BCUT2D eigenvalue weighted by Crippen LogP contribution is 2.21. The first kappa shape index (κ1) is 8.95. The summed E-state index contributed by atoms with van der Waals surface area (Å²) in [5.74, 6) is 0.417. The Hall–Kier alpha value is -0.630. The van der Waals surface area contributed by atoms with E-state index in [0.29, 0.717) is 12.3 Å². The van der Waals surface area contributed by atoms with Gasteiger partial charge >= 0.3 is 0 Å². The van der Waals surface area contributed by atoms with Gasteiger partial charge in [-0.3, -0.25) is 9.69 Å². The number of rotatable bonds is 3. The molecule has 1 fully saturated rings. The standard InChI is InChI=1S/C11H17NO/c13-11-6-8-12(9-11)7-5-10-3-1-2-4-10/h3H,1-2,4-9H2. The van der Waals surface area contributed by atoms with Crippen molar-refractivity contribution < 1.29 is 4.79 Å². The maximum atomic E-state index is 11.0. The smallest absolute Gasteiger partial charge is 0.148 e. The Morgan fingerprint density at radius 3 is 2.92 bits per heavy atom. The van der Waals surface area contributed by atoms with E-state index in [2.05, 4.69) is 11.0 Å². The minimum Gasteiger partial charge on any atom is -0.298 e. The van der Waals surface area contributed by atoms with Crippen LogP contribution in [0.1, 0.15) is 32.1 Å². The lowest BCUT2D eigenvalue weighted by atomic mass is 10.1. The van der Waals surface area contributed by atoms with Crippen LogP contribution in [0.5, 0.6) is 0 Å². The molecule has 0 amide bonds. The third-order valence-electron chi connectivity index (χ3n) is 2.99. The SMILES string of the molecule is O=C1CCN(CCC2=CCCC2)C1. The number of hydrogen-bond donors (Lipinski definition) is 0. The van der Waals surface area contributed by atoms with E-state index in [1.807, 2.05) is 0 Å². The van der Waals surface area contributed by atoms with E-state index in [1.165, 1.54) is 25.7 Å². The second-order valence-electron chi connectivity index (χ2n) is 4.07. The molecule has 2 aliphatic rings. The number of ketones is 1. The van der Waals surface area contributed by atoms with Gasteiger partial charge in [-0.05, 0) is 25.7 Å². The molecule has 13 heavy (non-hydrogen) atoms. The highest BCUT2D eigenvalue weighted by atomic mass is 16.1. The van der Waals surface area contributed by atoms with Crippen LogP contribution in [-0.2, 0) is 4.79 Å². The molecule has 1 aliphatic heterocycles. The van der Waals surface area contributed by atoms with Gasteiger partial charge in [0.15, 0.2) is 0 Å². The van der Waals surface area contributed by atoms with Gasteiger partial charge in [0, 0.05) is 19.5 Å². The van der Waals surface area contributed by atoms with Crippen LogP contribution in [0.4, 0.5) is 0 Å². The van der Waals surface area contributed by atoms with Gasteiger partial charge in [0.05, 0.1) is 6.54 Å². The van der Waals surface area contributed by atoms with Crippen LogP contribution in [0.25, 0.3) is 0 Å². The van der Waals surface area contributed by atoms with Crippen molar-refractivity contribution in [2.75, 3.05) is 19.6 Å². The maximum absolute atomic E-state index is 11.0. The number of carbonyl (C=O) groups excluding carboxylic acids is 1. The molecule has 2 rings (SSSR count). The first-order chi connectivity index (χ1) is 6.34. The molecule has 0 unspecified atom stereocenters. The van der Waals surface area contributed by atoms with Gasteiger partial charge in [-0.1, -0.05) is 11.6 Å². The second-order valence-corrected chi connectivity index (χ2v) is 4.07. The second kappa shape index (κ2) is 4.05. The van der Waals surface area contributed by atoms with E-state index < -0.39 is 0 Å². The van der Waals surface area contributed by atoms with Crippen LogP contribution in [-0.4, -0.2) is 30.3 Å². The molecule has 0 N–H and O–H groups in total. The Bertz CT molecular complexity index is 232. The summed E-state index contributed by atoms with van der Waals surface area (Å²) < 4.78 is 0. The Morgan fingerprint density at radius 1 is 1.38 bits per heavy atom. The fourth-order valence-corrected chi connectivity index (χ4v) is 2.15. The van der Waals surface area contributed by atoms with E-state index in [9.17, 15) is 4.79 Å². The third-order valence-corrected chi connectivity index (χ3v) is 2.99. The molecule has 1 heterocycles. The van der Waals surface area contributed by atoms with Crippen LogP contribution in [0.3, 0.4) is 0 Å². The van der Waals surface area contributed by atoms with Gasteiger partial charge < -0.3 is 0 Å². The molecule has 1 aliphatic carbocycles. The highest BCUT2D eigenvalue weighted by Gasteiger charge is 2.18. The molecule has 1 saturated heterocycles. The van der Waals surface area contributed by atoms with Crippen LogP contribution in [0.15, 0.2) is 11.6 Å². The van der Waals surface area contributed by atoms with Crippen molar-refractivity contribution >= 4 is 5.78 Å². The Kier molecular flexibility index (Phi) is 2.79. The number of likely N-dealkylation sites (tertiary alicyclic amines) is 1. The number of nitrogens with zero attached hydrogens (tertiary/aromatic N) is 1. The number of hydrogen-bond acceptors (Lipinski definition) is 2. The molecule has 0 aromatic rings. The summed E-state index contributed by atoms with van der Waals surface area (Å²) in [6.45, 7) is 2.79. The fraction of sp³-hybridized carbons (Fsp3) is 0.727. The number of Topliss-reactive ketones (excluding diaryl/α,β-unsaturated/α-hetero) is 1. The van der Waals surface area contributed by atoms with Crippen LogP contribution >= 0.6 is 0 Å². The summed E-state index contributed by atoms with van der Waals surface area (Å²) in [7, 11) is 0. The topological polar surface area (TPSA) is 20.3 Å². The molecular formula is C11H17NO. The first-order valence-electron chi connectivity index (χ1n) is 5.26. The summed E-state index contributed by atoms with van der Waals surface area (Å²) in [6.07, 6.45) is 8.24. The Labute approximate surface area is 79.6 Å². The van der Waals surface area contributed by atoms with Crippen molar-refractivity contribution in [3.8, 4) is 0 Å². The molecule has 2 nitrogen and oxygen atoms in total. The number of allylic oxidation sites excluding steroid dienone is 1. The van der Waals surface area contributed by atoms with E-state index in [1.54, 1.807) is 5.57 Å². The largest absolute Gasteiger partial charge is 0.298 e. The van der Waals surface area contributed by atoms with E-state index in [0.717, 1.165) is 19.5 Å². The fourth-order valence-electron chi connectivity index (χ4n) is 2.15. The average Bonchev–Trinajstić information content (AvgIpc) is 2.71. The maximum Gasteiger partial charge on any atom is 0.148 e. The summed E-state index contributed by atoms with van der Waals surface area (Å²) in [4.78, 5) is 13.3. The lowest BCUT2D eigenvalue weighted by Crippen LogP contribution is -2.22. The van der Waals surface area contributed by atoms with Crippen LogP contribution < -0.4 is 0 Å². The minimum atomic E-state index is 0.417. The molecule has 0 bridgehead atoms. The van der Waals surface area contributed by atoms with Crippen molar-refractivity contribution in [1.82, 2.24) is 4.90 Å². The normalized spacial score (nSPS) is 24.0. The van der Waals surface area contributed by atoms with Gasteiger partial charge in [-0.25, -0.2) is 0 Å². The first-order valence-corrected chi connectivity index (χ1v) is 5.26. The van der Waals surface area contributed by atoms with E-state index >= 15 is 0 Å². The summed E-state index contributed by atoms with van der Waals surface area (Å²) >= 11 is 0. The van der Waals surface area contributed by atoms with Crippen molar-refractivity contribution in [2.45, 2.75) is 32.1 Å². The van der Waals surface area contributed by atoms with E-state index in [-0.39, 0.29) is 0 Å². The zero-order chi connectivity index (χ0) is 9.10. The van der Waals surface area contributed by atoms with Crippen LogP contribution in [0, 0.1) is 0 Å². The lowest BCUT2D eigenvalue weighted by Gasteiger charge is -2.13. The van der Waals surface area contributed by atoms with Gasteiger partial charge in [0.25, 0.3) is 0 Å². The molecule has 0 aromatic carbocycles. The van der Waals surface area contributed by atoms with Crippen molar-refractivity contribution in [3.63, 3.8) is 0 Å². The predicted molar refractivity (Wildman–Crippen MR) is 52.6 cm³/mol. The molecule has 0 spiro atoms. The summed E-state index contributed by atoms with van der Waals surface area (Å²) in [5, 5.41) is 0. The van der Waals surface area contributed by atoms with Crippen molar-refractivity contribution in [2.24, 2.45) is 0 Å². The van der Waals surface area contributed by atoms with Gasteiger partial charge in [0.2, 0.25) is 0 Å².